The van der Waals surface area contributed by atoms with Gasteiger partial charge < -0.3 is 20.7 Å². The van der Waals surface area contributed by atoms with Crippen LogP contribution in [0.1, 0.15) is 15.9 Å². The van der Waals surface area contributed by atoms with Crippen LogP contribution in [0.25, 0.3) is 0 Å². The number of rotatable bonds is 4. The van der Waals surface area contributed by atoms with Gasteiger partial charge >= 0.3 is 5.97 Å². The lowest BCUT2D eigenvalue weighted by Crippen LogP contribution is -1.99. The van der Waals surface area contributed by atoms with Gasteiger partial charge in [0.2, 0.25) is 0 Å². The van der Waals surface area contributed by atoms with Gasteiger partial charge in [-0.05, 0) is 35.9 Å². The summed E-state index contributed by atoms with van der Waals surface area (Å²) in [6.45, 7) is -0.0787. The molecule has 0 atom stereocenters. The zero-order chi connectivity index (χ0) is 13.8. The molecule has 0 heterocycles. The standard InChI is InChI=1S/C14H13NO4/c15-12-7-10(14(17)18)4-5-13(12)19-11-3-1-2-9(6-11)8-16/h1-7,16H,8,15H2,(H,17,18). The molecule has 19 heavy (non-hydrogen) atoms. The van der Waals surface area contributed by atoms with Crippen LogP contribution in [-0.2, 0) is 6.61 Å². The van der Waals surface area contributed by atoms with Gasteiger partial charge in [0.25, 0.3) is 0 Å². The van der Waals surface area contributed by atoms with Gasteiger partial charge in [-0.15, -0.1) is 0 Å². The van der Waals surface area contributed by atoms with E-state index < -0.39 is 5.97 Å². The summed E-state index contributed by atoms with van der Waals surface area (Å²) >= 11 is 0. The maximum atomic E-state index is 10.8. The van der Waals surface area contributed by atoms with Crippen molar-refractivity contribution in [3.8, 4) is 11.5 Å². The van der Waals surface area contributed by atoms with Crippen molar-refractivity contribution in [2.75, 3.05) is 5.73 Å². The number of aliphatic hydroxyl groups excluding tert-OH is 1. The molecule has 0 bridgehead atoms. The maximum absolute atomic E-state index is 10.8. The molecule has 0 fully saturated rings. The third-order valence-electron chi connectivity index (χ3n) is 2.57. The molecule has 0 aliphatic heterocycles. The van der Waals surface area contributed by atoms with Crippen molar-refractivity contribution < 1.29 is 19.7 Å². The number of nitrogen functional groups attached to an aromatic ring is 1. The minimum absolute atomic E-state index is 0.0787. The summed E-state index contributed by atoms with van der Waals surface area (Å²) < 4.78 is 5.56. The predicted octanol–water partition coefficient (Wildman–Crippen LogP) is 2.25. The Morgan fingerprint density at radius 1 is 1.21 bits per heavy atom. The number of aliphatic hydroxyl groups is 1. The fourth-order valence-electron chi connectivity index (χ4n) is 1.61. The van der Waals surface area contributed by atoms with Crippen molar-refractivity contribution in [2.24, 2.45) is 0 Å². The molecular formula is C14H13NO4. The van der Waals surface area contributed by atoms with Crippen LogP contribution in [0.5, 0.6) is 11.5 Å². The Bertz CT molecular complexity index is 610. The molecule has 0 aliphatic rings. The average Bonchev–Trinajstić information content (AvgIpc) is 2.41. The molecule has 4 N–H and O–H groups in total. The second-order valence-electron chi connectivity index (χ2n) is 3.97. The fourth-order valence-corrected chi connectivity index (χ4v) is 1.61. The van der Waals surface area contributed by atoms with E-state index in [4.69, 9.17) is 20.7 Å². The number of aromatic carboxylic acids is 1. The minimum atomic E-state index is -1.04. The SMILES string of the molecule is Nc1cc(C(=O)O)ccc1Oc1cccc(CO)c1. The first kappa shape index (κ1) is 12.9. The van der Waals surface area contributed by atoms with Crippen LogP contribution in [0.15, 0.2) is 42.5 Å². The molecule has 0 saturated heterocycles. The number of carboxylic acids is 1. The maximum Gasteiger partial charge on any atom is 0.335 e. The van der Waals surface area contributed by atoms with E-state index in [1.54, 1.807) is 24.3 Å². The quantitative estimate of drug-likeness (QED) is 0.732. The van der Waals surface area contributed by atoms with Gasteiger partial charge in [-0.25, -0.2) is 4.79 Å². The van der Waals surface area contributed by atoms with Crippen LogP contribution in [-0.4, -0.2) is 16.2 Å². The first-order valence-corrected chi connectivity index (χ1v) is 5.60. The van der Waals surface area contributed by atoms with Gasteiger partial charge in [0.15, 0.2) is 0 Å². The van der Waals surface area contributed by atoms with E-state index in [0.29, 0.717) is 11.5 Å². The molecule has 5 heteroatoms. The molecule has 0 unspecified atom stereocenters. The van der Waals surface area contributed by atoms with E-state index in [1.807, 2.05) is 0 Å². The van der Waals surface area contributed by atoms with Crippen LogP contribution < -0.4 is 10.5 Å². The van der Waals surface area contributed by atoms with Crippen molar-refractivity contribution in [1.29, 1.82) is 0 Å². The Labute approximate surface area is 109 Å². The summed E-state index contributed by atoms with van der Waals surface area (Å²) in [7, 11) is 0. The second kappa shape index (κ2) is 5.41. The van der Waals surface area contributed by atoms with Gasteiger partial charge in [-0.3, -0.25) is 0 Å². The molecular weight excluding hydrogens is 246 g/mol. The van der Waals surface area contributed by atoms with Gasteiger partial charge in [-0.2, -0.15) is 0 Å². The first-order chi connectivity index (χ1) is 9.10. The normalized spacial score (nSPS) is 10.2. The van der Waals surface area contributed by atoms with E-state index in [2.05, 4.69) is 0 Å². The fraction of sp³-hybridized carbons (Fsp3) is 0.0714. The summed E-state index contributed by atoms with van der Waals surface area (Å²) in [6, 6.07) is 11.2. The Kier molecular flexibility index (Phi) is 3.68. The van der Waals surface area contributed by atoms with Crippen LogP contribution >= 0.6 is 0 Å². The Hall–Kier alpha value is -2.53. The Morgan fingerprint density at radius 3 is 2.63 bits per heavy atom. The third-order valence-corrected chi connectivity index (χ3v) is 2.57. The molecule has 0 radical (unpaired) electrons. The number of ether oxygens (including phenoxy) is 1. The number of anilines is 1. The summed E-state index contributed by atoms with van der Waals surface area (Å²) in [5.74, 6) is -0.137. The van der Waals surface area contributed by atoms with E-state index >= 15 is 0 Å². The smallest absolute Gasteiger partial charge is 0.335 e. The summed E-state index contributed by atoms with van der Waals surface area (Å²) in [5, 5.41) is 17.9. The third kappa shape index (κ3) is 3.02. The topological polar surface area (TPSA) is 92.8 Å². The summed E-state index contributed by atoms with van der Waals surface area (Å²) in [5.41, 5.74) is 6.81. The largest absolute Gasteiger partial charge is 0.478 e. The van der Waals surface area contributed by atoms with Crippen molar-refractivity contribution in [3.05, 3.63) is 53.6 Å². The monoisotopic (exact) mass is 259 g/mol. The van der Waals surface area contributed by atoms with Gasteiger partial charge in [0.05, 0.1) is 17.9 Å². The van der Waals surface area contributed by atoms with Crippen LogP contribution in [0.3, 0.4) is 0 Å². The number of nitrogens with two attached hydrogens (primary N) is 1. The summed E-state index contributed by atoms with van der Waals surface area (Å²) in [6.07, 6.45) is 0. The lowest BCUT2D eigenvalue weighted by atomic mass is 10.2. The van der Waals surface area contributed by atoms with Crippen molar-refractivity contribution in [1.82, 2.24) is 0 Å². The van der Waals surface area contributed by atoms with Gasteiger partial charge in [0.1, 0.15) is 11.5 Å². The molecule has 0 aromatic heterocycles. The molecule has 2 aromatic carbocycles. The van der Waals surface area contributed by atoms with Gasteiger partial charge in [0, 0.05) is 0 Å². The molecule has 0 saturated carbocycles. The lowest BCUT2D eigenvalue weighted by Gasteiger charge is -2.09. The predicted molar refractivity (Wildman–Crippen MR) is 70.3 cm³/mol. The van der Waals surface area contributed by atoms with E-state index in [9.17, 15) is 4.79 Å². The van der Waals surface area contributed by atoms with Crippen LogP contribution in [0.2, 0.25) is 0 Å². The molecule has 0 amide bonds. The Balaban J connectivity index is 2.25. The molecule has 5 nitrogen and oxygen atoms in total. The number of benzene rings is 2. The molecule has 2 rings (SSSR count). The molecule has 2 aromatic rings. The average molecular weight is 259 g/mol. The zero-order valence-corrected chi connectivity index (χ0v) is 10.0. The molecule has 0 aliphatic carbocycles. The Morgan fingerprint density at radius 2 is 2.00 bits per heavy atom. The minimum Gasteiger partial charge on any atom is -0.478 e. The number of carbonyl (C=O) groups is 1. The van der Waals surface area contributed by atoms with Crippen LogP contribution in [0.4, 0.5) is 5.69 Å². The number of hydrogen-bond acceptors (Lipinski definition) is 4. The van der Waals surface area contributed by atoms with Crippen molar-refractivity contribution >= 4 is 11.7 Å². The highest BCUT2D eigenvalue weighted by Gasteiger charge is 2.08. The van der Waals surface area contributed by atoms with E-state index in [-0.39, 0.29) is 17.9 Å². The highest BCUT2D eigenvalue weighted by molar-refractivity contribution is 5.89. The highest BCUT2D eigenvalue weighted by Crippen LogP contribution is 2.28. The first-order valence-electron chi connectivity index (χ1n) is 5.60. The second-order valence-corrected chi connectivity index (χ2v) is 3.97. The van der Waals surface area contributed by atoms with E-state index in [0.717, 1.165) is 5.56 Å². The lowest BCUT2D eigenvalue weighted by molar-refractivity contribution is 0.0697. The number of hydrogen-bond donors (Lipinski definition) is 3. The molecule has 98 valence electrons. The van der Waals surface area contributed by atoms with Crippen LogP contribution in [0, 0.1) is 0 Å². The van der Waals surface area contributed by atoms with Crippen molar-refractivity contribution in [2.45, 2.75) is 6.61 Å². The van der Waals surface area contributed by atoms with E-state index in [1.165, 1.54) is 18.2 Å². The molecule has 0 spiro atoms. The number of carboxylic acid groups (broad SMARTS) is 1. The van der Waals surface area contributed by atoms with Gasteiger partial charge in [-0.1, -0.05) is 12.1 Å². The summed E-state index contributed by atoms with van der Waals surface area (Å²) in [4.78, 5) is 10.8. The highest BCUT2D eigenvalue weighted by atomic mass is 16.5. The zero-order valence-electron chi connectivity index (χ0n) is 10.0. The van der Waals surface area contributed by atoms with Crippen molar-refractivity contribution in [3.63, 3.8) is 0 Å².